The van der Waals surface area contributed by atoms with E-state index in [4.69, 9.17) is 4.74 Å². The van der Waals surface area contributed by atoms with Crippen molar-refractivity contribution in [2.75, 3.05) is 11.9 Å². The van der Waals surface area contributed by atoms with E-state index in [1.807, 2.05) is 6.07 Å². The van der Waals surface area contributed by atoms with Crippen LogP contribution in [0.1, 0.15) is 15.9 Å². The fourth-order valence-electron chi connectivity index (χ4n) is 2.02. The van der Waals surface area contributed by atoms with E-state index in [1.165, 1.54) is 6.20 Å². The molecule has 0 saturated carbocycles. The van der Waals surface area contributed by atoms with E-state index >= 15 is 0 Å². The number of nitrogens with zero attached hydrogens (tertiary/aromatic N) is 1. The fourth-order valence-corrected chi connectivity index (χ4v) is 2.02. The van der Waals surface area contributed by atoms with Gasteiger partial charge in [0.05, 0.1) is 11.3 Å². The van der Waals surface area contributed by atoms with Gasteiger partial charge in [0.2, 0.25) is 0 Å². The van der Waals surface area contributed by atoms with Crippen LogP contribution in [0, 0.1) is 0 Å². The summed E-state index contributed by atoms with van der Waals surface area (Å²) in [5, 5.41) is 5.53. The number of pyridine rings is 1. The highest BCUT2D eigenvalue weighted by molar-refractivity contribution is 5.95. The minimum Gasteiger partial charge on any atom is -0.482 e. The minimum atomic E-state index is -0.193. The lowest BCUT2D eigenvalue weighted by Crippen LogP contribution is -2.26. The average Bonchev–Trinajstić information content (AvgIpc) is 2.53. The SMILES string of the molecule is Cl.O=C1COc2ccc(CNC(=O)c3cccnc3)cc2N1. The van der Waals surface area contributed by atoms with E-state index in [1.54, 1.807) is 30.5 Å². The molecule has 0 unspecified atom stereocenters. The summed E-state index contributed by atoms with van der Waals surface area (Å²) in [4.78, 5) is 27.1. The topological polar surface area (TPSA) is 80.3 Å². The number of nitrogens with one attached hydrogen (secondary N) is 2. The third-order valence-corrected chi connectivity index (χ3v) is 3.05. The highest BCUT2D eigenvalue weighted by Gasteiger charge is 2.16. The minimum absolute atomic E-state index is 0. The molecule has 2 heterocycles. The predicted octanol–water partition coefficient (Wildman–Crippen LogP) is 1.76. The molecule has 0 radical (unpaired) electrons. The first kappa shape index (κ1) is 15.8. The van der Waals surface area contributed by atoms with Crippen LogP contribution in [0.4, 0.5) is 5.69 Å². The lowest BCUT2D eigenvalue weighted by molar-refractivity contribution is -0.118. The van der Waals surface area contributed by atoms with Crippen molar-refractivity contribution in [3.05, 3.63) is 53.9 Å². The zero-order chi connectivity index (χ0) is 14.7. The van der Waals surface area contributed by atoms with Gasteiger partial charge in [-0.25, -0.2) is 0 Å². The highest BCUT2D eigenvalue weighted by Crippen LogP contribution is 2.28. The predicted molar refractivity (Wildman–Crippen MR) is 83.2 cm³/mol. The van der Waals surface area contributed by atoms with E-state index in [-0.39, 0.29) is 30.8 Å². The Balaban J connectivity index is 0.00000176. The number of carbonyl (C=O) groups excluding carboxylic acids is 2. The number of hydrogen-bond acceptors (Lipinski definition) is 4. The number of carbonyl (C=O) groups is 2. The second-order valence-corrected chi connectivity index (χ2v) is 4.59. The number of rotatable bonds is 3. The molecule has 0 fully saturated rings. The Bertz CT molecular complexity index is 692. The van der Waals surface area contributed by atoms with Crippen molar-refractivity contribution in [3.63, 3.8) is 0 Å². The van der Waals surface area contributed by atoms with Gasteiger partial charge in [-0.05, 0) is 29.8 Å². The van der Waals surface area contributed by atoms with Crippen molar-refractivity contribution < 1.29 is 14.3 Å². The first-order valence-electron chi connectivity index (χ1n) is 6.46. The normalized spacial score (nSPS) is 12.3. The summed E-state index contributed by atoms with van der Waals surface area (Å²) < 4.78 is 5.28. The molecule has 0 atom stereocenters. The number of halogens is 1. The van der Waals surface area contributed by atoms with E-state index in [0.29, 0.717) is 23.5 Å². The smallest absolute Gasteiger partial charge is 0.262 e. The van der Waals surface area contributed by atoms with Crippen molar-refractivity contribution in [2.45, 2.75) is 6.54 Å². The monoisotopic (exact) mass is 319 g/mol. The van der Waals surface area contributed by atoms with Gasteiger partial charge in [0, 0.05) is 18.9 Å². The zero-order valence-electron chi connectivity index (χ0n) is 11.5. The molecule has 2 aromatic rings. The molecule has 0 saturated heterocycles. The van der Waals surface area contributed by atoms with Crippen molar-refractivity contribution >= 4 is 29.9 Å². The second kappa shape index (κ2) is 6.91. The summed E-state index contributed by atoms with van der Waals surface area (Å²) in [6.45, 7) is 0.390. The van der Waals surface area contributed by atoms with Gasteiger partial charge in [0.15, 0.2) is 6.61 Å². The van der Waals surface area contributed by atoms with Gasteiger partial charge in [-0.1, -0.05) is 6.07 Å². The van der Waals surface area contributed by atoms with Gasteiger partial charge in [-0.3, -0.25) is 14.6 Å². The highest BCUT2D eigenvalue weighted by atomic mass is 35.5. The fraction of sp³-hybridized carbons (Fsp3) is 0.133. The third-order valence-electron chi connectivity index (χ3n) is 3.05. The molecule has 2 N–H and O–H groups in total. The molecule has 114 valence electrons. The summed E-state index contributed by atoms with van der Waals surface area (Å²) in [7, 11) is 0. The van der Waals surface area contributed by atoms with Gasteiger partial charge in [-0.2, -0.15) is 0 Å². The molecule has 7 heteroatoms. The number of fused-ring (bicyclic) bond motifs is 1. The summed E-state index contributed by atoms with van der Waals surface area (Å²) in [6.07, 6.45) is 3.12. The molecule has 1 aliphatic heterocycles. The van der Waals surface area contributed by atoms with Gasteiger partial charge >= 0.3 is 0 Å². The average molecular weight is 320 g/mol. The van der Waals surface area contributed by atoms with E-state index in [9.17, 15) is 9.59 Å². The molecule has 6 nitrogen and oxygen atoms in total. The maximum Gasteiger partial charge on any atom is 0.262 e. The Morgan fingerprint density at radius 2 is 2.23 bits per heavy atom. The van der Waals surface area contributed by atoms with Crippen molar-refractivity contribution in [1.82, 2.24) is 10.3 Å². The molecule has 3 rings (SSSR count). The maximum atomic E-state index is 11.9. The Kier molecular flexibility index (Phi) is 4.95. The zero-order valence-corrected chi connectivity index (χ0v) is 12.4. The number of aromatic nitrogens is 1. The van der Waals surface area contributed by atoms with Crippen LogP contribution < -0.4 is 15.4 Å². The molecule has 1 aliphatic rings. The number of ether oxygens (including phenoxy) is 1. The Morgan fingerprint density at radius 3 is 3.00 bits per heavy atom. The molecule has 2 amide bonds. The van der Waals surface area contributed by atoms with Crippen LogP contribution in [0.3, 0.4) is 0 Å². The van der Waals surface area contributed by atoms with E-state index in [2.05, 4.69) is 15.6 Å². The Hall–Kier alpha value is -2.60. The molecule has 0 bridgehead atoms. The summed E-state index contributed by atoms with van der Waals surface area (Å²) >= 11 is 0. The third kappa shape index (κ3) is 3.53. The Morgan fingerprint density at radius 1 is 1.36 bits per heavy atom. The number of amides is 2. The first-order valence-corrected chi connectivity index (χ1v) is 6.46. The summed E-state index contributed by atoms with van der Waals surface area (Å²) in [5.74, 6) is 0.261. The van der Waals surface area contributed by atoms with Crippen LogP contribution in [0.5, 0.6) is 5.75 Å². The maximum absolute atomic E-state index is 11.9. The van der Waals surface area contributed by atoms with Crippen LogP contribution in [0.25, 0.3) is 0 Å². The summed E-state index contributed by atoms with van der Waals surface area (Å²) in [5.41, 5.74) is 2.00. The van der Waals surface area contributed by atoms with Gasteiger partial charge < -0.3 is 15.4 Å². The molecular formula is C15H14ClN3O3. The Labute approximate surface area is 133 Å². The van der Waals surface area contributed by atoms with Gasteiger partial charge in [0.1, 0.15) is 5.75 Å². The number of anilines is 1. The van der Waals surface area contributed by atoms with Crippen LogP contribution >= 0.6 is 12.4 Å². The molecule has 1 aromatic carbocycles. The molecular weight excluding hydrogens is 306 g/mol. The second-order valence-electron chi connectivity index (χ2n) is 4.59. The van der Waals surface area contributed by atoms with Gasteiger partial charge in [-0.15, -0.1) is 12.4 Å². The quantitative estimate of drug-likeness (QED) is 0.903. The van der Waals surface area contributed by atoms with Crippen LogP contribution in [-0.2, 0) is 11.3 Å². The largest absolute Gasteiger partial charge is 0.482 e. The van der Waals surface area contributed by atoms with E-state index < -0.39 is 0 Å². The first-order chi connectivity index (χ1) is 10.2. The lowest BCUT2D eigenvalue weighted by Gasteiger charge is -2.18. The van der Waals surface area contributed by atoms with Crippen molar-refractivity contribution in [1.29, 1.82) is 0 Å². The number of hydrogen-bond donors (Lipinski definition) is 2. The standard InChI is InChI=1S/C15H13N3O3.ClH/c19-14-9-21-13-4-3-10(6-12(13)18-14)7-17-15(20)11-2-1-5-16-8-11;/h1-6,8H,7,9H2,(H,17,20)(H,18,19);1H. The van der Waals surface area contributed by atoms with Crippen molar-refractivity contribution in [2.24, 2.45) is 0 Å². The van der Waals surface area contributed by atoms with Crippen molar-refractivity contribution in [3.8, 4) is 5.75 Å². The van der Waals surface area contributed by atoms with E-state index in [0.717, 1.165) is 5.56 Å². The molecule has 0 aliphatic carbocycles. The molecule has 1 aromatic heterocycles. The molecule has 0 spiro atoms. The van der Waals surface area contributed by atoms with Gasteiger partial charge in [0.25, 0.3) is 11.8 Å². The van der Waals surface area contributed by atoms with Crippen LogP contribution in [0.2, 0.25) is 0 Å². The summed E-state index contributed by atoms with van der Waals surface area (Å²) in [6, 6.07) is 8.82. The molecule has 22 heavy (non-hydrogen) atoms. The van der Waals surface area contributed by atoms with Crippen LogP contribution in [-0.4, -0.2) is 23.4 Å². The van der Waals surface area contributed by atoms with Crippen LogP contribution in [0.15, 0.2) is 42.7 Å². The lowest BCUT2D eigenvalue weighted by atomic mass is 10.1. The number of benzene rings is 1.